The van der Waals surface area contributed by atoms with Gasteiger partial charge in [0.2, 0.25) is 0 Å². The van der Waals surface area contributed by atoms with Crippen molar-refractivity contribution in [2.24, 2.45) is 0 Å². The molecule has 9 rings (SSSR count). The van der Waals surface area contributed by atoms with Gasteiger partial charge >= 0.3 is 0 Å². The summed E-state index contributed by atoms with van der Waals surface area (Å²) in [5.74, 6) is 0. The van der Waals surface area contributed by atoms with Gasteiger partial charge in [-0.2, -0.15) is 0 Å². The molecule has 1 aromatic heterocycles. The second-order valence-corrected chi connectivity index (χ2v) is 12.0. The summed E-state index contributed by atoms with van der Waals surface area (Å²) in [6, 6.07) is 53.5. The van der Waals surface area contributed by atoms with Crippen LogP contribution in [0, 0.1) is 0 Å². The fraction of sp³-hybridized carbons (Fsp3) is 0.0455. The molecule has 1 nitrogen and oxygen atoms in total. The average Bonchev–Trinajstić information content (AvgIpc) is 3.45. The lowest BCUT2D eigenvalue weighted by atomic mass is 9.86. The third-order valence-corrected chi connectivity index (χ3v) is 9.41. The quantitative estimate of drug-likeness (QED) is 0.185. The summed E-state index contributed by atoms with van der Waals surface area (Å²) < 4.78 is 2.41. The van der Waals surface area contributed by atoms with Crippen LogP contribution >= 0.6 is 0 Å². The van der Waals surface area contributed by atoms with E-state index >= 15 is 0 Å². The summed E-state index contributed by atoms with van der Waals surface area (Å²) >= 11 is 0. The van der Waals surface area contributed by atoms with E-state index in [1.807, 2.05) is 0 Å². The van der Waals surface area contributed by atoms with Crippen molar-refractivity contribution in [1.29, 1.82) is 0 Å². The zero-order chi connectivity index (χ0) is 29.7. The molecule has 0 amide bonds. The van der Waals surface area contributed by atoms with Gasteiger partial charge in [0.15, 0.2) is 0 Å². The molecule has 0 spiro atoms. The van der Waals surface area contributed by atoms with Crippen LogP contribution in [0.4, 0.5) is 0 Å². The van der Waals surface area contributed by atoms with E-state index in [2.05, 4.69) is 168 Å². The number of benzene rings is 7. The van der Waals surface area contributed by atoms with Crippen LogP contribution in [0.15, 0.2) is 164 Å². The average molecular weight is 574 g/mol. The van der Waals surface area contributed by atoms with E-state index in [-0.39, 0.29) is 0 Å². The van der Waals surface area contributed by atoms with Gasteiger partial charge in [0.1, 0.15) is 0 Å². The molecule has 212 valence electrons. The summed E-state index contributed by atoms with van der Waals surface area (Å²) in [5.41, 5.74) is 11.3. The van der Waals surface area contributed by atoms with Crippen molar-refractivity contribution in [3.8, 4) is 27.9 Å². The zero-order valence-electron chi connectivity index (χ0n) is 24.9. The highest BCUT2D eigenvalue weighted by Gasteiger charge is 2.17. The van der Waals surface area contributed by atoms with Gasteiger partial charge in [0, 0.05) is 16.5 Å². The Morgan fingerprint density at radius 3 is 1.56 bits per heavy atom. The monoisotopic (exact) mass is 573 g/mol. The zero-order valence-corrected chi connectivity index (χ0v) is 24.9. The summed E-state index contributed by atoms with van der Waals surface area (Å²) in [7, 11) is 0. The van der Waals surface area contributed by atoms with E-state index in [0.717, 1.165) is 12.8 Å². The van der Waals surface area contributed by atoms with Gasteiger partial charge in [-0.05, 0) is 98.1 Å². The molecule has 45 heavy (non-hydrogen) atoms. The topological polar surface area (TPSA) is 4.93 Å². The van der Waals surface area contributed by atoms with E-state index in [4.69, 9.17) is 0 Å². The van der Waals surface area contributed by atoms with E-state index in [1.165, 1.54) is 82.4 Å². The first-order valence-electron chi connectivity index (χ1n) is 15.9. The largest absolute Gasteiger partial charge is 0.309 e. The van der Waals surface area contributed by atoms with Crippen molar-refractivity contribution < 1.29 is 0 Å². The van der Waals surface area contributed by atoms with E-state index in [0.29, 0.717) is 0 Å². The van der Waals surface area contributed by atoms with Crippen LogP contribution < -0.4 is 0 Å². The molecule has 0 bridgehead atoms. The molecule has 0 radical (unpaired) electrons. The standard InChI is InChI=1S/C44H31N/c1-3-13-30(14-4-1)33-25-28-42-40(29-33)35-17-11-12-22-41(35)45(42)34-26-23-32(24-27-34)44-38-20-9-7-18-36(38)43(31-15-5-2-6-16-31)37-19-8-10-21-39(37)44/h2-3,5-29H,1,4H2. The SMILES string of the molecule is C1=CC(c2ccc3c(c2)c2ccccc2n3-c2ccc(-c3c4ccccc4c(-c4ccccc4)c4ccccc34)cc2)=CCC1. The molecule has 0 saturated carbocycles. The van der Waals surface area contributed by atoms with Gasteiger partial charge in [-0.15, -0.1) is 0 Å². The van der Waals surface area contributed by atoms with Crippen LogP contribution in [0.1, 0.15) is 18.4 Å². The van der Waals surface area contributed by atoms with Crippen LogP contribution in [-0.2, 0) is 0 Å². The molecular formula is C44H31N. The van der Waals surface area contributed by atoms with Crippen LogP contribution in [0.3, 0.4) is 0 Å². The third-order valence-electron chi connectivity index (χ3n) is 9.41. The van der Waals surface area contributed by atoms with Crippen molar-refractivity contribution >= 4 is 48.9 Å². The van der Waals surface area contributed by atoms with Gasteiger partial charge in [-0.3, -0.25) is 0 Å². The van der Waals surface area contributed by atoms with E-state index in [1.54, 1.807) is 0 Å². The number of rotatable bonds is 4. The van der Waals surface area contributed by atoms with Crippen LogP contribution in [0.2, 0.25) is 0 Å². The Bertz CT molecular complexity index is 2400. The molecule has 1 heteroatoms. The van der Waals surface area contributed by atoms with Crippen LogP contribution in [-0.4, -0.2) is 4.57 Å². The van der Waals surface area contributed by atoms with E-state index in [9.17, 15) is 0 Å². The summed E-state index contributed by atoms with van der Waals surface area (Å²) in [4.78, 5) is 0. The van der Waals surface area contributed by atoms with Crippen molar-refractivity contribution in [2.45, 2.75) is 12.8 Å². The van der Waals surface area contributed by atoms with E-state index < -0.39 is 0 Å². The maximum absolute atomic E-state index is 2.41. The highest BCUT2D eigenvalue weighted by atomic mass is 15.0. The molecule has 0 unspecified atom stereocenters. The Morgan fingerprint density at radius 2 is 0.933 bits per heavy atom. The Hall–Kier alpha value is -5.66. The second kappa shape index (κ2) is 10.5. The maximum Gasteiger partial charge on any atom is 0.0541 e. The molecule has 0 atom stereocenters. The lowest BCUT2D eigenvalue weighted by molar-refractivity contribution is 1.04. The summed E-state index contributed by atoms with van der Waals surface area (Å²) in [6.45, 7) is 0. The second-order valence-electron chi connectivity index (χ2n) is 12.0. The predicted octanol–water partition coefficient (Wildman–Crippen LogP) is 12.2. The summed E-state index contributed by atoms with van der Waals surface area (Å²) in [6.07, 6.45) is 9.15. The molecular weight excluding hydrogens is 542 g/mol. The predicted molar refractivity (Wildman–Crippen MR) is 193 cm³/mol. The Labute approximate surface area is 263 Å². The number of allylic oxidation sites excluding steroid dienone is 4. The van der Waals surface area contributed by atoms with Gasteiger partial charge < -0.3 is 4.57 Å². The van der Waals surface area contributed by atoms with Gasteiger partial charge in [-0.25, -0.2) is 0 Å². The van der Waals surface area contributed by atoms with Crippen LogP contribution in [0.5, 0.6) is 0 Å². The molecule has 8 aromatic rings. The molecule has 0 fully saturated rings. The number of fused-ring (bicyclic) bond motifs is 5. The molecule has 0 saturated heterocycles. The first-order valence-corrected chi connectivity index (χ1v) is 15.9. The first kappa shape index (κ1) is 25.8. The summed E-state index contributed by atoms with van der Waals surface area (Å²) in [5, 5.41) is 7.69. The maximum atomic E-state index is 2.41. The van der Waals surface area contributed by atoms with Crippen molar-refractivity contribution in [2.75, 3.05) is 0 Å². The molecule has 1 aliphatic carbocycles. The Kier molecular flexibility index (Phi) is 6.02. The molecule has 1 heterocycles. The number of hydrogen-bond acceptors (Lipinski definition) is 0. The lowest BCUT2D eigenvalue weighted by Crippen LogP contribution is -1.95. The fourth-order valence-electron chi connectivity index (χ4n) is 7.39. The highest BCUT2D eigenvalue weighted by molar-refractivity contribution is 6.21. The van der Waals surface area contributed by atoms with Crippen molar-refractivity contribution in [3.63, 3.8) is 0 Å². The van der Waals surface area contributed by atoms with Gasteiger partial charge in [0.05, 0.1) is 11.0 Å². The molecule has 0 N–H and O–H groups in total. The number of aromatic nitrogens is 1. The normalized spacial score (nSPS) is 13.2. The van der Waals surface area contributed by atoms with Crippen LogP contribution in [0.25, 0.3) is 76.9 Å². The Balaban J connectivity index is 1.23. The minimum Gasteiger partial charge on any atom is -0.309 e. The third kappa shape index (κ3) is 4.16. The molecule has 1 aliphatic rings. The molecule has 7 aromatic carbocycles. The van der Waals surface area contributed by atoms with Gasteiger partial charge in [-0.1, -0.05) is 133 Å². The number of hydrogen-bond donors (Lipinski definition) is 0. The minimum atomic E-state index is 1.11. The highest BCUT2D eigenvalue weighted by Crippen LogP contribution is 2.44. The smallest absolute Gasteiger partial charge is 0.0541 e. The number of para-hydroxylation sites is 1. The molecule has 0 aliphatic heterocycles. The number of nitrogens with zero attached hydrogens (tertiary/aromatic N) is 1. The first-order chi connectivity index (χ1) is 22.3. The minimum absolute atomic E-state index is 1.11. The lowest BCUT2D eigenvalue weighted by Gasteiger charge is -2.18. The van der Waals surface area contributed by atoms with Crippen molar-refractivity contribution in [1.82, 2.24) is 4.57 Å². The Morgan fingerprint density at radius 1 is 0.400 bits per heavy atom. The van der Waals surface area contributed by atoms with Gasteiger partial charge in [0.25, 0.3) is 0 Å². The fourth-order valence-corrected chi connectivity index (χ4v) is 7.39. The van der Waals surface area contributed by atoms with Crippen molar-refractivity contribution in [3.05, 3.63) is 169 Å².